The molecule has 2 aliphatic heterocycles. The molecule has 1 aliphatic carbocycles. The van der Waals surface area contributed by atoms with Crippen LogP contribution in [-0.4, -0.2) is 18.2 Å². The number of benzene rings is 2. The summed E-state index contributed by atoms with van der Waals surface area (Å²) in [6.45, 7) is 4.91. The van der Waals surface area contributed by atoms with Crippen molar-refractivity contribution in [3.63, 3.8) is 0 Å². The van der Waals surface area contributed by atoms with Crippen LogP contribution in [0.3, 0.4) is 0 Å². The van der Waals surface area contributed by atoms with Gasteiger partial charge in [-0.3, -0.25) is 9.89 Å². The van der Waals surface area contributed by atoms with Crippen LogP contribution >= 0.6 is 12.6 Å². The summed E-state index contributed by atoms with van der Waals surface area (Å²) in [5.41, 5.74) is 4.22. The molecule has 0 aromatic heterocycles. The maximum absolute atomic E-state index is 6.14. The van der Waals surface area contributed by atoms with Crippen LogP contribution in [-0.2, 0) is 6.54 Å². The van der Waals surface area contributed by atoms with E-state index >= 15 is 0 Å². The summed E-state index contributed by atoms with van der Waals surface area (Å²) in [5, 5.41) is 2.26. The van der Waals surface area contributed by atoms with Crippen molar-refractivity contribution in [1.29, 1.82) is 0 Å². The van der Waals surface area contributed by atoms with Gasteiger partial charge < -0.3 is 4.74 Å². The van der Waals surface area contributed by atoms with Crippen molar-refractivity contribution in [2.45, 2.75) is 56.9 Å². The van der Waals surface area contributed by atoms with Crippen molar-refractivity contribution in [3.05, 3.63) is 82.0 Å². The summed E-state index contributed by atoms with van der Waals surface area (Å²) in [7, 11) is 0. The van der Waals surface area contributed by atoms with E-state index in [1.807, 2.05) is 36.5 Å². The number of thiol groups is 1. The van der Waals surface area contributed by atoms with E-state index in [1.165, 1.54) is 48.4 Å². The summed E-state index contributed by atoms with van der Waals surface area (Å²) < 4.78 is 6.14. The standard InChI is InChI=1S/C21H26N2O.C6H6S/c1-16-13-18-14-23(12-10-17-7-3-2-4-8-17)15-24-21(18)20-19(16)9-5-6-11-22-20;7-6-4-2-1-3-5-6/h6-7,9,11,13H,2-5,8,10,12,14-15H2,1H3;1-5,7H. The largest absolute Gasteiger partial charge is 0.475 e. The lowest BCUT2D eigenvalue weighted by Crippen LogP contribution is -2.39. The van der Waals surface area contributed by atoms with Crippen molar-refractivity contribution >= 4 is 18.7 Å². The van der Waals surface area contributed by atoms with Crippen LogP contribution in [0.1, 0.15) is 49.7 Å². The van der Waals surface area contributed by atoms with Gasteiger partial charge in [-0.15, -0.1) is 12.6 Å². The summed E-state index contributed by atoms with van der Waals surface area (Å²) >= 11 is 4.08. The quantitative estimate of drug-likeness (QED) is 0.524. The minimum Gasteiger partial charge on any atom is -0.475 e. The van der Waals surface area contributed by atoms with Gasteiger partial charge in [0.15, 0.2) is 5.75 Å². The van der Waals surface area contributed by atoms with Crippen molar-refractivity contribution in [1.82, 2.24) is 4.90 Å². The molecule has 4 heteroatoms. The van der Waals surface area contributed by atoms with Crippen molar-refractivity contribution in [2.24, 2.45) is 4.99 Å². The Balaban J connectivity index is 0.000000282. The highest BCUT2D eigenvalue weighted by atomic mass is 32.1. The van der Waals surface area contributed by atoms with Gasteiger partial charge in [0.25, 0.3) is 0 Å². The number of fused-ring (bicyclic) bond motifs is 3. The number of ether oxygens (including phenoxy) is 1. The molecule has 3 nitrogen and oxygen atoms in total. The lowest BCUT2D eigenvalue weighted by Gasteiger charge is -2.30. The third kappa shape index (κ3) is 5.90. The van der Waals surface area contributed by atoms with Gasteiger partial charge in [-0.05, 0) is 63.1 Å². The lowest BCUT2D eigenvalue weighted by molar-refractivity contribution is 0.0945. The van der Waals surface area contributed by atoms with Gasteiger partial charge in [-0.2, -0.15) is 0 Å². The van der Waals surface area contributed by atoms with Gasteiger partial charge in [0.2, 0.25) is 0 Å². The number of hydrogen-bond acceptors (Lipinski definition) is 4. The Kier molecular flexibility index (Phi) is 7.66. The van der Waals surface area contributed by atoms with Crippen molar-refractivity contribution in [2.75, 3.05) is 13.3 Å². The van der Waals surface area contributed by atoms with Gasteiger partial charge in [0, 0.05) is 35.0 Å². The summed E-state index contributed by atoms with van der Waals surface area (Å²) in [6, 6.07) is 12.1. The second-order valence-corrected chi connectivity index (χ2v) is 8.93. The second kappa shape index (κ2) is 10.8. The first-order chi connectivity index (χ1) is 15.2. The molecule has 0 bridgehead atoms. The first kappa shape index (κ1) is 21.9. The Morgan fingerprint density at radius 1 is 1.13 bits per heavy atom. The Labute approximate surface area is 191 Å². The zero-order valence-electron chi connectivity index (χ0n) is 18.4. The molecule has 31 heavy (non-hydrogen) atoms. The van der Waals surface area contributed by atoms with E-state index in [1.54, 1.807) is 5.57 Å². The predicted molar refractivity (Wildman–Crippen MR) is 131 cm³/mol. The van der Waals surface area contributed by atoms with Crippen LogP contribution in [0.25, 0.3) is 6.08 Å². The first-order valence-electron chi connectivity index (χ1n) is 11.3. The molecule has 0 amide bonds. The van der Waals surface area contributed by atoms with Crippen molar-refractivity contribution < 1.29 is 4.74 Å². The Morgan fingerprint density at radius 2 is 2.00 bits per heavy atom. The molecule has 162 valence electrons. The predicted octanol–water partition coefficient (Wildman–Crippen LogP) is 5.33. The summed E-state index contributed by atoms with van der Waals surface area (Å²) in [4.78, 5) is 8.07. The minimum atomic E-state index is 0.676. The number of nitrogens with zero attached hydrogens (tertiary/aromatic N) is 2. The fourth-order valence-electron chi connectivity index (χ4n) is 4.35. The molecular formula is C27H32N2OS. The highest BCUT2D eigenvalue weighted by molar-refractivity contribution is 7.80. The fraction of sp³-hybridized carbons (Fsp3) is 0.370. The lowest BCUT2D eigenvalue weighted by atomic mass is 9.97. The molecular weight excluding hydrogens is 400 g/mol. The maximum atomic E-state index is 6.14. The van der Waals surface area contributed by atoms with Crippen LogP contribution in [0.4, 0.5) is 0 Å². The molecule has 0 N–H and O–H groups in total. The van der Waals surface area contributed by atoms with E-state index in [0.717, 1.165) is 35.5 Å². The van der Waals surface area contributed by atoms with E-state index in [4.69, 9.17) is 4.74 Å². The average Bonchev–Trinajstić information content (AvgIpc) is 3.06. The molecule has 0 saturated carbocycles. The third-order valence-electron chi connectivity index (χ3n) is 6.02. The number of rotatable bonds is 3. The highest BCUT2D eigenvalue weighted by Crippen LogP contribution is 2.24. The molecule has 0 atom stereocenters. The summed E-state index contributed by atoms with van der Waals surface area (Å²) in [5.74, 6) is 0.992. The fourth-order valence-corrected chi connectivity index (χ4v) is 4.52. The normalized spacial score (nSPS) is 17.4. The van der Waals surface area contributed by atoms with Gasteiger partial charge in [0.05, 0.1) is 0 Å². The second-order valence-electron chi connectivity index (χ2n) is 8.42. The molecule has 3 aliphatic rings. The number of allylic oxidation sites excluding steroid dienone is 2. The number of aryl methyl sites for hydroxylation is 1. The molecule has 2 aromatic rings. The molecule has 0 radical (unpaired) electrons. The maximum Gasteiger partial charge on any atom is 0.152 e. The molecule has 0 spiro atoms. The molecule has 2 aromatic carbocycles. The van der Waals surface area contributed by atoms with E-state index < -0.39 is 0 Å². The van der Waals surface area contributed by atoms with E-state index in [2.05, 4.69) is 53.7 Å². The average molecular weight is 433 g/mol. The topological polar surface area (TPSA) is 24.8 Å². The van der Waals surface area contributed by atoms with Crippen LogP contribution in [0.15, 0.2) is 70.2 Å². The van der Waals surface area contributed by atoms with E-state index in [9.17, 15) is 0 Å². The van der Waals surface area contributed by atoms with Gasteiger partial charge in [0.1, 0.15) is 12.1 Å². The van der Waals surface area contributed by atoms with Gasteiger partial charge in [-0.25, -0.2) is 0 Å². The first-order valence-corrected chi connectivity index (χ1v) is 11.8. The smallest absolute Gasteiger partial charge is 0.152 e. The van der Waals surface area contributed by atoms with Crippen LogP contribution < -0.4 is 15.3 Å². The molecule has 0 fully saturated rings. The highest BCUT2D eigenvalue weighted by Gasteiger charge is 2.20. The third-order valence-corrected chi connectivity index (χ3v) is 6.32. The van der Waals surface area contributed by atoms with E-state index in [0.29, 0.717) is 6.73 Å². The zero-order valence-corrected chi connectivity index (χ0v) is 19.3. The monoisotopic (exact) mass is 432 g/mol. The molecule has 0 unspecified atom stereocenters. The molecule has 5 rings (SSSR count). The van der Waals surface area contributed by atoms with Gasteiger partial charge >= 0.3 is 0 Å². The van der Waals surface area contributed by atoms with E-state index in [-0.39, 0.29) is 0 Å². The summed E-state index contributed by atoms with van der Waals surface area (Å²) in [6.07, 6.45) is 16.1. The van der Waals surface area contributed by atoms with Gasteiger partial charge in [-0.1, -0.05) is 48.1 Å². The van der Waals surface area contributed by atoms with Crippen LogP contribution in [0.5, 0.6) is 5.75 Å². The van der Waals surface area contributed by atoms with Crippen LogP contribution in [0.2, 0.25) is 0 Å². The van der Waals surface area contributed by atoms with Crippen molar-refractivity contribution in [3.8, 4) is 5.75 Å². The minimum absolute atomic E-state index is 0.676. The Bertz CT molecular complexity index is 1070. The Hall–Kier alpha value is -2.30. The Morgan fingerprint density at radius 3 is 2.74 bits per heavy atom. The molecule has 2 heterocycles. The zero-order chi connectivity index (χ0) is 21.5. The number of hydrogen-bond donors (Lipinski definition) is 1. The SMILES string of the molecule is Cc1cc2c(c3c1=CCC=CN=3)OCN(CCC1=CCCCC1)C2.Sc1ccccc1. The molecule has 0 saturated heterocycles. The van der Waals surface area contributed by atoms with Crippen LogP contribution in [0, 0.1) is 6.92 Å².